The maximum absolute atomic E-state index is 14.3. The van der Waals surface area contributed by atoms with Gasteiger partial charge in [0.15, 0.2) is 23.2 Å². The summed E-state index contributed by atoms with van der Waals surface area (Å²) in [6, 6.07) is 6.72. The van der Waals surface area contributed by atoms with E-state index in [1.807, 2.05) is 6.92 Å². The zero-order chi connectivity index (χ0) is 23.1. The lowest BCUT2D eigenvalue weighted by Crippen LogP contribution is -2.53. The van der Waals surface area contributed by atoms with Crippen LogP contribution in [-0.4, -0.2) is 35.8 Å². The molecule has 0 radical (unpaired) electrons. The van der Waals surface area contributed by atoms with Gasteiger partial charge in [-0.3, -0.25) is 4.79 Å². The van der Waals surface area contributed by atoms with Gasteiger partial charge in [-0.15, -0.1) is 0 Å². The minimum absolute atomic E-state index is 0.0264. The van der Waals surface area contributed by atoms with Crippen LogP contribution in [0, 0.1) is 17.5 Å². The largest absolute Gasteiger partial charge is 0.508 e. The number of hydrogen-bond acceptors (Lipinski definition) is 4. The number of aliphatic hydroxyl groups excluding tert-OH is 1. The molecule has 0 spiro atoms. The summed E-state index contributed by atoms with van der Waals surface area (Å²) in [6.45, 7) is 6.74. The summed E-state index contributed by atoms with van der Waals surface area (Å²) in [5.74, 6) is -4.75. The molecule has 0 saturated carbocycles. The summed E-state index contributed by atoms with van der Waals surface area (Å²) in [5.41, 5.74) is -1.02. The van der Waals surface area contributed by atoms with Crippen molar-refractivity contribution >= 4 is 11.4 Å². The molecule has 3 rings (SSSR count). The predicted molar refractivity (Wildman–Crippen MR) is 111 cm³/mol. The second kappa shape index (κ2) is 8.13. The second-order valence-electron chi connectivity index (χ2n) is 8.28. The van der Waals surface area contributed by atoms with Gasteiger partial charge in [0.25, 0.3) is 0 Å². The lowest BCUT2D eigenvalue weighted by Gasteiger charge is -2.42. The zero-order valence-corrected chi connectivity index (χ0v) is 18.1. The second-order valence-corrected chi connectivity index (χ2v) is 8.28. The van der Waals surface area contributed by atoms with E-state index in [2.05, 4.69) is 0 Å². The Balaban J connectivity index is 2.21. The summed E-state index contributed by atoms with van der Waals surface area (Å²) in [7, 11) is 1.47. The van der Waals surface area contributed by atoms with Crippen LogP contribution in [0.3, 0.4) is 0 Å². The van der Waals surface area contributed by atoms with Gasteiger partial charge in [0.05, 0.1) is 12.2 Å². The summed E-state index contributed by atoms with van der Waals surface area (Å²) in [6.07, 6.45) is 0.445. The number of hydrogen-bond donors (Lipinski definition) is 1. The first-order valence-electron chi connectivity index (χ1n) is 9.91. The van der Waals surface area contributed by atoms with Crippen molar-refractivity contribution in [3.63, 3.8) is 0 Å². The third kappa shape index (κ3) is 3.88. The maximum Gasteiger partial charge on any atom is 0.198 e. The van der Waals surface area contributed by atoms with Crippen LogP contribution in [0.25, 0.3) is 16.7 Å². The molecule has 1 unspecified atom stereocenters. The minimum atomic E-state index is -1.54. The molecule has 166 valence electrons. The van der Waals surface area contributed by atoms with E-state index in [9.17, 15) is 23.1 Å². The van der Waals surface area contributed by atoms with Crippen LogP contribution in [0.1, 0.15) is 38.8 Å². The molecule has 0 saturated heterocycles. The molecule has 1 N–H and O–H groups in total. The molecular formula is C24H25F3O4. The van der Waals surface area contributed by atoms with E-state index >= 15 is 0 Å². The highest BCUT2D eigenvalue weighted by molar-refractivity contribution is 6.26. The Bertz CT molecular complexity index is 1070. The molecule has 0 aromatic heterocycles. The molecule has 2 aromatic carbocycles. The van der Waals surface area contributed by atoms with Gasteiger partial charge in [0, 0.05) is 12.7 Å². The lowest BCUT2D eigenvalue weighted by molar-refractivity contribution is -0.171. The first-order chi connectivity index (χ1) is 14.5. The van der Waals surface area contributed by atoms with Gasteiger partial charge in [-0.05, 0) is 56.0 Å². The zero-order valence-electron chi connectivity index (χ0n) is 18.1. The predicted octanol–water partition coefficient (Wildman–Crippen LogP) is 5.39. The average Bonchev–Trinajstić information content (AvgIpc) is 2.71. The molecule has 1 heterocycles. The molecular weight excluding hydrogens is 409 g/mol. The Morgan fingerprint density at radius 2 is 1.68 bits per heavy atom. The SMILES string of the molecule is CCc1cc(-c2ccc(F)c(F)c2F)ccc1C1=C(O)C(C)(COC)OC(C)(C)C1=O. The maximum atomic E-state index is 14.3. The van der Waals surface area contributed by atoms with E-state index < -0.39 is 34.4 Å². The fourth-order valence-corrected chi connectivity index (χ4v) is 4.00. The van der Waals surface area contributed by atoms with Gasteiger partial charge < -0.3 is 14.6 Å². The third-order valence-corrected chi connectivity index (χ3v) is 5.51. The molecule has 0 aliphatic carbocycles. The van der Waals surface area contributed by atoms with Crippen molar-refractivity contribution in [3.8, 4) is 11.1 Å². The fourth-order valence-electron chi connectivity index (χ4n) is 4.00. The van der Waals surface area contributed by atoms with Gasteiger partial charge in [-0.1, -0.05) is 25.1 Å². The van der Waals surface area contributed by atoms with E-state index in [1.165, 1.54) is 13.2 Å². The molecule has 2 aromatic rings. The highest BCUT2D eigenvalue weighted by Crippen LogP contribution is 2.42. The summed E-state index contributed by atoms with van der Waals surface area (Å²) in [4.78, 5) is 13.2. The smallest absolute Gasteiger partial charge is 0.198 e. The van der Waals surface area contributed by atoms with E-state index in [0.717, 1.165) is 12.1 Å². The first kappa shape index (κ1) is 23.0. The molecule has 1 aliphatic heterocycles. The van der Waals surface area contributed by atoms with Gasteiger partial charge in [0.2, 0.25) is 0 Å². The van der Waals surface area contributed by atoms with Crippen molar-refractivity contribution in [2.45, 2.75) is 45.3 Å². The minimum Gasteiger partial charge on any atom is -0.508 e. The van der Waals surface area contributed by atoms with E-state index in [0.29, 0.717) is 23.1 Å². The number of aliphatic hydroxyl groups is 1. The summed E-state index contributed by atoms with van der Waals surface area (Å²) < 4.78 is 52.4. The van der Waals surface area contributed by atoms with Crippen LogP contribution < -0.4 is 0 Å². The van der Waals surface area contributed by atoms with E-state index in [-0.39, 0.29) is 23.5 Å². The Morgan fingerprint density at radius 3 is 2.29 bits per heavy atom. The number of carbonyl (C=O) groups is 1. The highest BCUT2D eigenvalue weighted by atomic mass is 19.2. The van der Waals surface area contributed by atoms with E-state index in [4.69, 9.17) is 9.47 Å². The standard InChI is InChI=1S/C24H25F3O4/c1-6-13-11-14(16-9-10-17(25)20(27)19(16)26)7-8-15(13)18-21(28)23(2,3)31-24(4,12-30-5)22(18)29/h7-11,29H,6,12H2,1-5H3. The number of ether oxygens (including phenoxy) is 2. The van der Waals surface area contributed by atoms with Crippen molar-refractivity contribution in [2.75, 3.05) is 13.7 Å². The van der Waals surface area contributed by atoms with Crippen LogP contribution in [0.15, 0.2) is 36.1 Å². The Morgan fingerprint density at radius 1 is 1.03 bits per heavy atom. The average molecular weight is 434 g/mol. The molecule has 7 heteroatoms. The molecule has 1 atom stereocenters. The van der Waals surface area contributed by atoms with Gasteiger partial charge in [-0.25, -0.2) is 13.2 Å². The van der Waals surface area contributed by atoms with Crippen molar-refractivity contribution in [3.05, 3.63) is 64.7 Å². The molecule has 0 amide bonds. The van der Waals surface area contributed by atoms with Crippen molar-refractivity contribution in [2.24, 2.45) is 0 Å². The van der Waals surface area contributed by atoms with E-state index in [1.54, 1.807) is 32.9 Å². The van der Waals surface area contributed by atoms with Crippen molar-refractivity contribution in [1.29, 1.82) is 0 Å². The molecule has 1 aliphatic rings. The first-order valence-corrected chi connectivity index (χ1v) is 9.91. The quantitative estimate of drug-likeness (QED) is 0.642. The summed E-state index contributed by atoms with van der Waals surface area (Å²) >= 11 is 0. The number of aryl methyl sites for hydroxylation is 1. The van der Waals surface area contributed by atoms with Gasteiger partial charge in [0.1, 0.15) is 17.0 Å². The highest BCUT2D eigenvalue weighted by Gasteiger charge is 2.49. The van der Waals surface area contributed by atoms with Gasteiger partial charge >= 0.3 is 0 Å². The topological polar surface area (TPSA) is 55.8 Å². The van der Waals surface area contributed by atoms with Crippen LogP contribution in [0.5, 0.6) is 0 Å². The lowest BCUT2D eigenvalue weighted by atomic mass is 9.80. The molecule has 31 heavy (non-hydrogen) atoms. The van der Waals surface area contributed by atoms with Crippen LogP contribution in [-0.2, 0) is 20.7 Å². The number of methoxy groups -OCH3 is 1. The van der Waals surface area contributed by atoms with Gasteiger partial charge in [-0.2, -0.15) is 0 Å². The Kier molecular flexibility index (Phi) is 6.04. The van der Waals surface area contributed by atoms with Crippen molar-refractivity contribution in [1.82, 2.24) is 0 Å². The number of ketones is 1. The number of benzene rings is 2. The monoisotopic (exact) mass is 434 g/mol. The van der Waals surface area contributed by atoms with Crippen molar-refractivity contribution < 1.29 is 32.5 Å². The number of Topliss-reactive ketones (excluding diaryl/α,β-unsaturated/α-hetero) is 1. The number of halogens is 3. The Hall–Kier alpha value is -2.64. The fraction of sp³-hybridized carbons (Fsp3) is 0.375. The summed E-state index contributed by atoms with van der Waals surface area (Å²) in [5, 5.41) is 11.0. The number of rotatable bonds is 5. The normalized spacial score (nSPS) is 21.0. The number of carbonyl (C=O) groups excluding carboxylic acids is 1. The molecule has 0 fully saturated rings. The van der Waals surface area contributed by atoms with Crippen LogP contribution >= 0.6 is 0 Å². The van der Waals surface area contributed by atoms with Crippen LogP contribution in [0.2, 0.25) is 0 Å². The molecule has 4 nitrogen and oxygen atoms in total. The third-order valence-electron chi connectivity index (χ3n) is 5.51. The Labute approximate surface area is 179 Å². The molecule has 0 bridgehead atoms. The van der Waals surface area contributed by atoms with Crippen LogP contribution in [0.4, 0.5) is 13.2 Å².